The average Bonchev–Trinajstić information content (AvgIpc) is 1.37. The second-order valence-corrected chi connectivity index (χ2v) is 0.241. The summed E-state index contributed by atoms with van der Waals surface area (Å²) in [5, 5.41) is 0. The van der Waals surface area contributed by atoms with E-state index in [0.29, 0.717) is 0 Å². The van der Waals surface area contributed by atoms with Crippen molar-refractivity contribution in [2.75, 3.05) is 0 Å². The Kier molecular flexibility index (Phi) is 1.56. The molecule has 0 heterocycles. The smallest absolute Gasteiger partial charge is 0.128 e. The highest BCUT2D eigenvalue weighted by atomic mass is 14.6. The Balaban J connectivity index is 3.14. The van der Waals surface area contributed by atoms with Gasteiger partial charge in [-0.1, -0.05) is 0 Å². The first-order valence-electron chi connectivity index (χ1n) is 0.736. The molecule has 1 heteroatoms. The minimum absolute atomic E-state index is 1.72. The van der Waals surface area contributed by atoms with Crippen molar-refractivity contribution in [2.24, 2.45) is 0 Å². The van der Waals surface area contributed by atoms with Crippen LogP contribution in [0.3, 0.4) is 0 Å². The molecule has 0 fully saturated rings. The van der Waals surface area contributed by atoms with E-state index in [1.807, 2.05) is 0 Å². The van der Waals surface area contributed by atoms with E-state index in [1.54, 1.807) is 6.04 Å². The van der Waals surface area contributed by atoms with Crippen LogP contribution in [-0.2, 0) is 0 Å². The summed E-state index contributed by atoms with van der Waals surface area (Å²) in [6, 6.07) is 1.72. The topological polar surface area (TPSA) is 4.36 Å². The lowest BCUT2D eigenvalue weighted by molar-refractivity contribution is 2.29. The van der Waals surface area contributed by atoms with Gasteiger partial charge < -0.3 is 0 Å². The Morgan fingerprint density at radius 3 is 2.25 bits per heavy atom. The molecule has 0 aromatic rings. The Labute approximate surface area is 25.1 Å². The average molecular weight is 51.0 g/mol. The first kappa shape index (κ1) is 3.05. The van der Waals surface area contributed by atoms with Crippen molar-refractivity contribution in [1.29, 1.82) is 0 Å². The quantitative estimate of drug-likeness (QED) is 0.278. The number of nitrogens with zero attached hydrogens (tertiary/aromatic N) is 1. The summed E-state index contributed by atoms with van der Waals surface area (Å²) in [4.78, 5) is 2.51. The largest absolute Gasteiger partial charge is 0.194 e. The molecule has 0 bridgehead atoms. The molecule has 0 radical (unpaired) electrons. The molecular formula is C3HN. The monoisotopic (exact) mass is 51.0 g/mol. The molecular weight excluding hydrogens is 50.0 g/mol. The number of hydrogen-bond donors (Lipinski definition) is 0. The highest BCUT2D eigenvalue weighted by Gasteiger charge is 1.24. The van der Waals surface area contributed by atoms with Crippen molar-refractivity contribution in [1.82, 2.24) is 0 Å². The van der Waals surface area contributed by atoms with Gasteiger partial charge in [0.05, 0.1) is 0 Å². The van der Waals surface area contributed by atoms with E-state index >= 15 is 0 Å². The SMILES string of the molecule is [C-]#[N+]C#C. The highest BCUT2D eigenvalue weighted by molar-refractivity contribution is 4.93. The van der Waals surface area contributed by atoms with Crippen LogP contribution in [0.15, 0.2) is 0 Å². The van der Waals surface area contributed by atoms with Crippen molar-refractivity contribution < 1.29 is 0 Å². The third-order valence-corrected chi connectivity index (χ3v) is 0.0645. The van der Waals surface area contributed by atoms with Gasteiger partial charge in [-0.3, -0.25) is 0 Å². The molecule has 0 saturated carbocycles. The minimum Gasteiger partial charge on any atom is -0.194 e. The Morgan fingerprint density at radius 1 is 2.00 bits per heavy atom. The van der Waals surface area contributed by atoms with Crippen LogP contribution < -0.4 is 0 Å². The van der Waals surface area contributed by atoms with Gasteiger partial charge in [0, 0.05) is 0 Å². The number of rotatable bonds is 0. The minimum atomic E-state index is 1.72. The van der Waals surface area contributed by atoms with Gasteiger partial charge in [-0.15, -0.1) is 6.42 Å². The van der Waals surface area contributed by atoms with Crippen molar-refractivity contribution in [3.05, 3.63) is 11.4 Å². The normalized spacial score (nSPS) is 2.50. The van der Waals surface area contributed by atoms with E-state index in [-0.39, 0.29) is 0 Å². The van der Waals surface area contributed by atoms with Crippen LogP contribution in [0.25, 0.3) is 4.85 Å². The Hall–Kier alpha value is -0.950. The fourth-order valence-corrected chi connectivity index (χ4v) is 0. The zero-order valence-corrected chi connectivity index (χ0v) is 2.02. The molecule has 0 atom stereocenters. The van der Waals surface area contributed by atoms with E-state index in [9.17, 15) is 0 Å². The van der Waals surface area contributed by atoms with Gasteiger partial charge in [0.15, 0.2) is 0 Å². The third-order valence-electron chi connectivity index (χ3n) is 0.0645. The van der Waals surface area contributed by atoms with Gasteiger partial charge >= 0.3 is 0 Å². The van der Waals surface area contributed by atoms with Crippen LogP contribution in [0.4, 0.5) is 0 Å². The van der Waals surface area contributed by atoms with Crippen LogP contribution in [-0.4, -0.2) is 0 Å². The maximum Gasteiger partial charge on any atom is 0.128 e. The van der Waals surface area contributed by atoms with Crippen molar-refractivity contribution >= 4 is 0 Å². The molecule has 0 saturated heterocycles. The first-order valence-corrected chi connectivity index (χ1v) is 0.736. The molecule has 0 aliphatic rings. The van der Waals surface area contributed by atoms with Gasteiger partial charge in [0.25, 0.3) is 0 Å². The summed E-state index contributed by atoms with van der Waals surface area (Å²) in [7, 11) is 0. The standard InChI is InChI=1S/C3HN/c1-3-4-2/h1H. The molecule has 18 valence electrons. The molecule has 0 aromatic heterocycles. The van der Waals surface area contributed by atoms with Gasteiger partial charge in [0.2, 0.25) is 0 Å². The first-order chi connectivity index (χ1) is 1.91. The van der Waals surface area contributed by atoms with Crippen molar-refractivity contribution in [3.63, 3.8) is 0 Å². The zero-order valence-electron chi connectivity index (χ0n) is 2.02. The lowest BCUT2D eigenvalue weighted by atomic mass is 11.2. The molecule has 0 aliphatic carbocycles. The van der Waals surface area contributed by atoms with E-state index in [2.05, 4.69) is 11.3 Å². The lowest BCUT2D eigenvalue weighted by Crippen LogP contribution is -1.15. The molecule has 0 rings (SSSR count). The van der Waals surface area contributed by atoms with E-state index in [1.165, 1.54) is 0 Å². The summed E-state index contributed by atoms with van der Waals surface area (Å²) in [6.07, 6.45) is 4.42. The molecule has 1 nitrogen and oxygen atoms in total. The number of hydrogen-bond acceptors (Lipinski definition) is 0. The molecule has 0 amide bonds. The van der Waals surface area contributed by atoms with Gasteiger partial charge in [-0.25, -0.2) is 0 Å². The fraction of sp³-hybridized carbons (Fsp3) is 0. The lowest BCUT2D eigenvalue weighted by Gasteiger charge is -1.30. The predicted molar refractivity (Wildman–Crippen MR) is 15.4 cm³/mol. The Bertz CT molecular complexity index is 58.3. The summed E-state index contributed by atoms with van der Waals surface area (Å²) >= 11 is 0. The zero-order chi connectivity index (χ0) is 3.41. The van der Waals surface area contributed by atoms with Gasteiger partial charge in [-0.05, 0) is 0 Å². The van der Waals surface area contributed by atoms with E-state index in [4.69, 9.17) is 6.57 Å². The van der Waals surface area contributed by atoms with Crippen LogP contribution in [0, 0.1) is 19.0 Å². The van der Waals surface area contributed by atoms with Crippen LogP contribution in [0.1, 0.15) is 0 Å². The Morgan fingerprint density at radius 2 is 2.25 bits per heavy atom. The molecule has 0 aromatic carbocycles. The summed E-state index contributed by atoms with van der Waals surface area (Å²) in [6.45, 7) is 5.84. The summed E-state index contributed by atoms with van der Waals surface area (Å²) in [5.74, 6) is 0. The molecule has 0 aliphatic heterocycles. The maximum atomic E-state index is 5.84. The fourth-order valence-electron chi connectivity index (χ4n) is 0. The summed E-state index contributed by atoms with van der Waals surface area (Å²) < 4.78 is 0. The third kappa shape index (κ3) is 1.05. The van der Waals surface area contributed by atoms with Crippen LogP contribution >= 0.6 is 0 Å². The van der Waals surface area contributed by atoms with Gasteiger partial charge in [-0.2, -0.15) is 4.85 Å². The van der Waals surface area contributed by atoms with Crippen LogP contribution in [0.2, 0.25) is 0 Å². The predicted octanol–water partition coefficient (Wildman–Crippen LogP) is 0.496. The molecule has 0 unspecified atom stereocenters. The molecule has 0 N–H and O–H groups in total. The molecule has 0 spiro atoms. The van der Waals surface area contributed by atoms with E-state index < -0.39 is 0 Å². The highest BCUT2D eigenvalue weighted by Crippen LogP contribution is 1.40. The summed E-state index contributed by atoms with van der Waals surface area (Å²) in [5.41, 5.74) is 0. The van der Waals surface area contributed by atoms with Crippen LogP contribution in [0.5, 0.6) is 0 Å². The van der Waals surface area contributed by atoms with Crippen molar-refractivity contribution in [2.45, 2.75) is 0 Å². The second-order valence-electron chi connectivity index (χ2n) is 0.241. The number of terminal acetylenes is 1. The van der Waals surface area contributed by atoms with Crippen molar-refractivity contribution in [3.8, 4) is 12.5 Å². The van der Waals surface area contributed by atoms with E-state index in [0.717, 1.165) is 0 Å². The maximum absolute atomic E-state index is 5.84. The second kappa shape index (κ2) is 2.05. The molecule has 4 heavy (non-hydrogen) atoms. The van der Waals surface area contributed by atoms with Gasteiger partial charge in [0.1, 0.15) is 12.6 Å².